The zero-order valence-electron chi connectivity index (χ0n) is 13.1. The predicted molar refractivity (Wildman–Crippen MR) is 86.7 cm³/mol. The van der Waals surface area contributed by atoms with Crippen LogP contribution in [0.4, 0.5) is 13.6 Å². The second-order valence-electron chi connectivity index (χ2n) is 5.57. The van der Waals surface area contributed by atoms with Crippen molar-refractivity contribution in [2.75, 3.05) is 40.3 Å². The maximum absolute atomic E-state index is 12.5. The third-order valence-corrected chi connectivity index (χ3v) is 4.15. The Kier molecular flexibility index (Phi) is 6.17. The van der Waals surface area contributed by atoms with Crippen LogP contribution in [0, 0.1) is 0 Å². The van der Waals surface area contributed by atoms with E-state index in [1.165, 1.54) is 6.07 Å². The van der Waals surface area contributed by atoms with Gasteiger partial charge in [-0.15, -0.1) is 0 Å². The quantitative estimate of drug-likeness (QED) is 0.791. The van der Waals surface area contributed by atoms with E-state index in [1.807, 2.05) is 0 Å². The van der Waals surface area contributed by atoms with Crippen molar-refractivity contribution in [2.45, 2.75) is 13.2 Å². The van der Waals surface area contributed by atoms with Gasteiger partial charge in [-0.25, -0.2) is 4.79 Å². The molecule has 0 spiro atoms. The molecule has 0 unspecified atom stereocenters. The molecule has 1 saturated heterocycles. The highest BCUT2D eigenvalue weighted by molar-refractivity contribution is 9.10. The first-order valence-electron chi connectivity index (χ1n) is 7.28. The SMILES string of the molecule is CN(C)C(=O)N1CCN(Cc2cc(Br)ccc2OC(F)F)CC1. The van der Waals surface area contributed by atoms with Crippen LogP contribution in [0.3, 0.4) is 0 Å². The summed E-state index contributed by atoms with van der Waals surface area (Å²) < 4.78 is 30.4. The lowest BCUT2D eigenvalue weighted by Crippen LogP contribution is -2.51. The lowest BCUT2D eigenvalue weighted by Gasteiger charge is -2.36. The van der Waals surface area contributed by atoms with E-state index in [4.69, 9.17) is 0 Å². The predicted octanol–water partition coefficient (Wildman–Crippen LogP) is 2.85. The molecule has 0 bridgehead atoms. The Labute approximate surface area is 142 Å². The molecular weight excluding hydrogens is 372 g/mol. The van der Waals surface area contributed by atoms with E-state index in [0.29, 0.717) is 38.3 Å². The molecule has 1 fully saturated rings. The highest BCUT2D eigenvalue weighted by Gasteiger charge is 2.23. The van der Waals surface area contributed by atoms with Gasteiger partial charge >= 0.3 is 12.6 Å². The minimum absolute atomic E-state index is 0.00571. The lowest BCUT2D eigenvalue weighted by atomic mass is 10.1. The third kappa shape index (κ3) is 5.04. The van der Waals surface area contributed by atoms with Gasteiger partial charge in [0, 0.05) is 56.9 Å². The summed E-state index contributed by atoms with van der Waals surface area (Å²) in [5, 5.41) is 0. The number of halogens is 3. The van der Waals surface area contributed by atoms with E-state index < -0.39 is 6.61 Å². The van der Waals surface area contributed by atoms with Crippen molar-refractivity contribution in [1.29, 1.82) is 0 Å². The van der Waals surface area contributed by atoms with Gasteiger partial charge in [0.05, 0.1) is 0 Å². The highest BCUT2D eigenvalue weighted by atomic mass is 79.9. The van der Waals surface area contributed by atoms with Gasteiger partial charge in [0.15, 0.2) is 0 Å². The average Bonchev–Trinajstić information content (AvgIpc) is 2.49. The molecule has 0 atom stereocenters. The first-order valence-corrected chi connectivity index (χ1v) is 8.08. The number of rotatable bonds is 4. The zero-order valence-corrected chi connectivity index (χ0v) is 14.7. The fraction of sp³-hybridized carbons (Fsp3) is 0.533. The number of alkyl halides is 2. The van der Waals surface area contributed by atoms with Crippen molar-refractivity contribution < 1.29 is 18.3 Å². The fourth-order valence-electron chi connectivity index (χ4n) is 2.50. The molecule has 0 aromatic heterocycles. The molecule has 1 aliphatic heterocycles. The van der Waals surface area contributed by atoms with Crippen LogP contribution in [0.25, 0.3) is 0 Å². The molecule has 2 amide bonds. The molecule has 5 nitrogen and oxygen atoms in total. The first-order chi connectivity index (χ1) is 10.9. The Hall–Kier alpha value is -1.41. The Balaban J connectivity index is 1.98. The molecule has 0 saturated carbocycles. The van der Waals surface area contributed by atoms with Gasteiger partial charge < -0.3 is 14.5 Å². The van der Waals surface area contributed by atoms with Gasteiger partial charge in [-0.05, 0) is 18.2 Å². The van der Waals surface area contributed by atoms with Gasteiger partial charge in [-0.1, -0.05) is 15.9 Å². The number of urea groups is 1. The van der Waals surface area contributed by atoms with E-state index in [0.717, 1.165) is 4.47 Å². The normalized spacial score (nSPS) is 15.8. The van der Waals surface area contributed by atoms with Gasteiger partial charge in [0.25, 0.3) is 0 Å². The number of nitrogens with zero attached hydrogens (tertiary/aromatic N) is 3. The largest absolute Gasteiger partial charge is 0.434 e. The van der Waals surface area contributed by atoms with Crippen LogP contribution < -0.4 is 4.74 Å². The molecule has 0 N–H and O–H groups in total. The number of carbonyl (C=O) groups excluding carboxylic acids is 1. The summed E-state index contributed by atoms with van der Waals surface area (Å²) in [6.07, 6.45) is 0. The smallest absolute Gasteiger partial charge is 0.387 e. The first kappa shape index (κ1) is 17.9. The van der Waals surface area contributed by atoms with E-state index in [-0.39, 0.29) is 11.8 Å². The van der Waals surface area contributed by atoms with Crippen LogP contribution in [0.2, 0.25) is 0 Å². The number of amides is 2. The van der Waals surface area contributed by atoms with Gasteiger partial charge in [-0.2, -0.15) is 8.78 Å². The summed E-state index contributed by atoms with van der Waals surface area (Å²) in [5.74, 6) is 0.190. The maximum Gasteiger partial charge on any atom is 0.387 e. The summed E-state index contributed by atoms with van der Waals surface area (Å²) in [4.78, 5) is 17.4. The van der Waals surface area contributed by atoms with Crippen molar-refractivity contribution in [1.82, 2.24) is 14.7 Å². The average molecular weight is 392 g/mol. The molecule has 1 aromatic carbocycles. The van der Waals surface area contributed by atoms with Crippen LogP contribution >= 0.6 is 15.9 Å². The van der Waals surface area contributed by atoms with Crippen molar-refractivity contribution in [3.05, 3.63) is 28.2 Å². The molecule has 0 aliphatic carbocycles. The summed E-state index contributed by atoms with van der Waals surface area (Å²) in [6, 6.07) is 5.00. The Morgan fingerprint density at radius 3 is 2.52 bits per heavy atom. The van der Waals surface area contributed by atoms with Crippen LogP contribution in [-0.4, -0.2) is 67.6 Å². The van der Waals surface area contributed by atoms with Crippen LogP contribution in [0.15, 0.2) is 22.7 Å². The molecular formula is C15H20BrF2N3O2. The summed E-state index contributed by atoms with van der Waals surface area (Å²) in [7, 11) is 3.45. The van der Waals surface area contributed by atoms with E-state index in [1.54, 1.807) is 36.0 Å². The Bertz CT molecular complexity index is 550. The minimum atomic E-state index is -2.84. The van der Waals surface area contributed by atoms with Gasteiger partial charge in [0.2, 0.25) is 0 Å². The Morgan fingerprint density at radius 2 is 1.96 bits per heavy atom. The number of ether oxygens (including phenoxy) is 1. The maximum atomic E-state index is 12.5. The van der Waals surface area contributed by atoms with E-state index in [9.17, 15) is 13.6 Å². The number of hydrogen-bond acceptors (Lipinski definition) is 3. The summed E-state index contributed by atoms with van der Waals surface area (Å²) in [6.45, 7) is 0.294. The number of hydrogen-bond donors (Lipinski definition) is 0. The van der Waals surface area contributed by atoms with Crippen LogP contribution in [0.1, 0.15) is 5.56 Å². The number of benzene rings is 1. The topological polar surface area (TPSA) is 36.0 Å². The molecule has 8 heteroatoms. The third-order valence-electron chi connectivity index (χ3n) is 3.66. The van der Waals surface area contributed by atoms with Gasteiger partial charge in [0.1, 0.15) is 5.75 Å². The second kappa shape index (κ2) is 7.92. The van der Waals surface area contributed by atoms with E-state index >= 15 is 0 Å². The molecule has 1 aliphatic rings. The van der Waals surface area contributed by atoms with Crippen molar-refractivity contribution in [3.8, 4) is 5.75 Å². The molecule has 128 valence electrons. The minimum Gasteiger partial charge on any atom is -0.434 e. The highest BCUT2D eigenvalue weighted by Crippen LogP contribution is 2.26. The lowest BCUT2D eigenvalue weighted by molar-refractivity contribution is -0.0508. The number of carbonyl (C=O) groups is 1. The standard InChI is InChI=1S/C15H20BrF2N3O2/c1-19(2)15(22)21-7-5-20(6-8-21)10-11-9-12(16)3-4-13(11)23-14(17)18/h3-4,9,14H,5-8,10H2,1-2H3. The second-order valence-corrected chi connectivity index (χ2v) is 6.49. The van der Waals surface area contributed by atoms with Crippen LogP contribution in [-0.2, 0) is 6.54 Å². The van der Waals surface area contributed by atoms with Crippen molar-refractivity contribution in [3.63, 3.8) is 0 Å². The fourth-order valence-corrected chi connectivity index (χ4v) is 2.91. The zero-order chi connectivity index (χ0) is 17.0. The van der Waals surface area contributed by atoms with Crippen molar-refractivity contribution >= 4 is 22.0 Å². The van der Waals surface area contributed by atoms with Crippen LogP contribution in [0.5, 0.6) is 5.75 Å². The Morgan fingerprint density at radius 1 is 1.30 bits per heavy atom. The molecule has 2 rings (SSSR count). The summed E-state index contributed by atoms with van der Waals surface area (Å²) in [5.41, 5.74) is 0.701. The molecule has 0 radical (unpaired) electrons. The molecule has 23 heavy (non-hydrogen) atoms. The van der Waals surface area contributed by atoms with Gasteiger partial charge in [-0.3, -0.25) is 4.90 Å². The summed E-state index contributed by atoms with van der Waals surface area (Å²) >= 11 is 3.35. The molecule has 1 heterocycles. The molecule has 1 aromatic rings. The monoisotopic (exact) mass is 391 g/mol. The number of piperazine rings is 1. The van der Waals surface area contributed by atoms with Crippen molar-refractivity contribution in [2.24, 2.45) is 0 Å². The van der Waals surface area contributed by atoms with E-state index in [2.05, 4.69) is 25.6 Å².